The van der Waals surface area contributed by atoms with E-state index >= 15 is 0 Å². The predicted octanol–water partition coefficient (Wildman–Crippen LogP) is 4.67. The molecule has 3 aromatic rings. The fourth-order valence-corrected chi connectivity index (χ4v) is 4.41. The molecule has 1 N–H and O–H groups in total. The average molecular weight is 460 g/mol. The number of carbonyl (C=O) groups is 1. The molecule has 0 aliphatic carbocycles. The van der Waals surface area contributed by atoms with Crippen LogP contribution in [-0.2, 0) is 11.3 Å². The standard InChI is InChI=1S/C28H33N3O3/c1-4-23-19-31(18-22-17-24(33-3)9-10-26(22)34-23)16-13-27(32)30-28(21-11-14-29-15-12-21)25-8-6-5-7-20(25)2/h5-12,14-15,17,23,28H,4,13,16,18-19H2,1-3H3,(H,30,32). The summed E-state index contributed by atoms with van der Waals surface area (Å²) in [7, 11) is 1.67. The highest BCUT2D eigenvalue weighted by Crippen LogP contribution is 2.30. The number of carbonyl (C=O) groups excluding carboxylic acids is 1. The molecule has 1 amide bonds. The van der Waals surface area contributed by atoms with Gasteiger partial charge in [0.15, 0.2) is 0 Å². The molecular formula is C28H33N3O3. The zero-order valence-corrected chi connectivity index (χ0v) is 20.2. The smallest absolute Gasteiger partial charge is 0.222 e. The van der Waals surface area contributed by atoms with Crippen molar-refractivity contribution in [2.24, 2.45) is 0 Å². The molecule has 4 rings (SSSR count). The van der Waals surface area contributed by atoms with Crippen molar-refractivity contribution < 1.29 is 14.3 Å². The Morgan fingerprint density at radius 1 is 1.21 bits per heavy atom. The van der Waals surface area contributed by atoms with Gasteiger partial charge in [-0.3, -0.25) is 14.7 Å². The van der Waals surface area contributed by atoms with E-state index in [4.69, 9.17) is 9.47 Å². The summed E-state index contributed by atoms with van der Waals surface area (Å²) in [5, 5.41) is 3.26. The minimum atomic E-state index is -0.211. The SMILES string of the molecule is CCC1CN(CCC(=O)NC(c2ccncc2)c2ccccc2C)Cc2cc(OC)ccc2O1. The van der Waals surface area contributed by atoms with Crippen LogP contribution in [-0.4, -0.2) is 42.1 Å². The van der Waals surface area contributed by atoms with Crippen molar-refractivity contribution in [1.29, 1.82) is 0 Å². The Kier molecular flexibility index (Phi) is 7.80. The van der Waals surface area contributed by atoms with Crippen molar-refractivity contribution in [3.05, 3.63) is 89.2 Å². The van der Waals surface area contributed by atoms with Gasteiger partial charge in [0.25, 0.3) is 0 Å². The van der Waals surface area contributed by atoms with Gasteiger partial charge in [-0.25, -0.2) is 0 Å². The van der Waals surface area contributed by atoms with E-state index in [1.807, 2.05) is 42.5 Å². The van der Waals surface area contributed by atoms with E-state index in [0.29, 0.717) is 13.0 Å². The zero-order chi connectivity index (χ0) is 23.9. The molecule has 0 saturated heterocycles. The summed E-state index contributed by atoms with van der Waals surface area (Å²) in [5.74, 6) is 1.74. The molecule has 6 nitrogen and oxygen atoms in total. The lowest BCUT2D eigenvalue weighted by molar-refractivity contribution is -0.122. The van der Waals surface area contributed by atoms with Crippen molar-refractivity contribution in [3.8, 4) is 11.5 Å². The van der Waals surface area contributed by atoms with Crippen LogP contribution in [0.1, 0.15) is 48.1 Å². The van der Waals surface area contributed by atoms with Crippen LogP contribution < -0.4 is 14.8 Å². The van der Waals surface area contributed by atoms with E-state index < -0.39 is 0 Å². The number of benzene rings is 2. The Morgan fingerprint density at radius 3 is 2.74 bits per heavy atom. The van der Waals surface area contributed by atoms with Gasteiger partial charge in [0.2, 0.25) is 5.91 Å². The first kappa shape index (κ1) is 23.8. The Labute approximate surface area is 201 Å². The predicted molar refractivity (Wildman–Crippen MR) is 133 cm³/mol. The molecule has 2 unspecified atom stereocenters. The van der Waals surface area contributed by atoms with E-state index in [1.165, 1.54) is 0 Å². The minimum Gasteiger partial charge on any atom is -0.497 e. The molecule has 1 aliphatic heterocycles. The third kappa shape index (κ3) is 5.75. The lowest BCUT2D eigenvalue weighted by atomic mass is 9.95. The molecule has 0 bridgehead atoms. The molecule has 0 saturated carbocycles. The minimum absolute atomic E-state index is 0.0224. The Balaban J connectivity index is 1.46. The summed E-state index contributed by atoms with van der Waals surface area (Å²) in [6.07, 6.45) is 4.94. The first-order chi connectivity index (χ1) is 16.6. The highest BCUT2D eigenvalue weighted by molar-refractivity contribution is 5.77. The van der Waals surface area contributed by atoms with Crippen molar-refractivity contribution in [2.45, 2.75) is 45.4 Å². The number of ether oxygens (including phenoxy) is 2. The average Bonchev–Trinajstić information content (AvgIpc) is 3.05. The van der Waals surface area contributed by atoms with Crippen LogP contribution >= 0.6 is 0 Å². The number of aromatic nitrogens is 1. The highest BCUT2D eigenvalue weighted by Gasteiger charge is 2.24. The molecule has 0 radical (unpaired) electrons. The number of hydrogen-bond acceptors (Lipinski definition) is 5. The molecule has 178 valence electrons. The number of pyridine rings is 1. The van der Waals surface area contributed by atoms with Crippen LogP contribution in [0.5, 0.6) is 11.5 Å². The van der Waals surface area contributed by atoms with Gasteiger partial charge in [-0.2, -0.15) is 0 Å². The Bertz CT molecular complexity index is 1100. The number of fused-ring (bicyclic) bond motifs is 1. The van der Waals surface area contributed by atoms with Crippen LogP contribution in [0.15, 0.2) is 67.0 Å². The van der Waals surface area contributed by atoms with Crippen molar-refractivity contribution in [3.63, 3.8) is 0 Å². The summed E-state index contributed by atoms with van der Waals surface area (Å²) in [5.41, 5.74) is 4.35. The quantitative estimate of drug-likeness (QED) is 0.531. The van der Waals surface area contributed by atoms with Gasteiger partial charge in [0.05, 0.1) is 13.2 Å². The van der Waals surface area contributed by atoms with Gasteiger partial charge in [0.1, 0.15) is 17.6 Å². The van der Waals surface area contributed by atoms with Gasteiger partial charge in [-0.15, -0.1) is 0 Å². The number of nitrogens with zero attached hydrogens (tertiary/aromatic N) is 2. The van der Waals surface area contributed by atoms with E-state index in [2.05, 4.69) is 41.2 Å². The second-order valence-corrected chi connectivity index (χ2v) is 8.74. The number of rotatable bonds is 8. The third-order valence-electron chi connectivity index (χ3n) is 6.37. The monoisotopic (exact) mass is 459 g/mol. The number of aryl methyl sites for hydroxylation is 1. The maximum Gasteiger partial charge on any atom is 0.222 e. The molecule has 2 atom stereocenters. The topological polar surface area (TPSA) is 63.7 Å². The number of amides is 1. The fourth-order valence-electron chi connectivity index (χ4n) is 4.41. The second kappa shape index (κ2) is 11.2. The first-order valence-corrected chi connectivity index (χ1v) is 11.9. The summed E-state index contributed by atoms with van der Waals surface area (Å²) in [4.78, 5) is 19.6. The Hall–Kier alpha value is -3.38. The first-order valence-electron chi connectivity index (χ1n) is 11.9. The lowest BCUT2D eigenvalue weighted by Crippen LogP contribution is -2.36. The lowest BCUT2D eigenvalue weighted by Gasteiger charge is -2.24. The van der Waals surface area contributed by atoms with Crippen LogP contribution in [0.3, 0.4) is 0 Å². The zero-order valence-electron chi connectivity index (χ0n) is 20.2. The van der Waals surface area contributed by atoms with Gasteiger partial charge >= 0.3 is 0 Å². The van der Waals surface area contributed by atoms with Crippen molar-refractivity contribution >= 4 is 5.91 Å². The molecule has 1 aromatic heterocycles. The van der Waals surface area contributed by atoms with E-state index in [0.717, 1.165) is 53.3 Å². The van der Waals surface area contributed by atoms with E-state index in [-0.39, 0.29) is 18.1 Å². The molecule has 0 spiro atoms. The largest absolute Gasteiger partial charge is 0.497 e. The van der Waals surface area contributed by atoms with Gasteiger partial charge in [-0.05, 0) is 60.4 Å². The molecule has 0 fully saturated rings. The second-order valence-electron chi connectivity index (χ2n) is 8.74. The third-order valence-corrected chi connectivity index (χ3v) is 6.37. The van der Waals surface area contributed by atoms with Crippen LogP contribution in [0.2, 0.25) is 0 Å². The molecule has 6 heteroatoms. The highest BCUT2D eigenvalue weighted by atomic mass is 16.5. The van der Waals surface area contributed by atoms with Crippen molar-refractivity contribution in [1.82, 2.24) is 15.2 Å². The van der Waals surface area contributed by atoms with Crippen LogP contribution in [0, 0.1) is 6.92 Å². The maximum atomic E-state index is 13.1. The molecular weight excluding hydrogens is 426 g/mol. The summed E-state index contributed by atoms with van der Waals surface area (Å²) >= 11 is 0. The van der Waals surface area contributed by atoms with E-state index in [9.17, 15) is 4.79 Å². The molecule has 34 heavy (non-hydrogen) atoms. The summed E-state index contributed by atoms with van der Waals surface area (Å²) in [6, 6.07) is 17.8. The fraction of sp³-hybridized carbons (Fsp3) is 0.357. The Morgan fingerprint density at radius 2 is 2.00 bits per heavy atom. The molecule has 2 heterocycles. The van der Waals surface area contributed by atoms with Gasteiger partial charge < -0.3 is 14.8 Å². The number of hydrogen-bond donors (Lipinski definition) is 1. The normalized spacial score (nSPS) is 16.6. The number of nitrogens with one attached hydrogen (secondary N) is 1. The summed E-state index contributed by atoms with van der Waals surface area (Å²) in [6.45, 7) is 6.36. The van der Waals surface area contributed by atoms with E-state index in [1.54, 1.807) is 19.5 Å². The maximum absolute atomic E-state index is 13.1. The van der Waals surface area contributed by atoms with Crippen LogP contribution in [0.4, 0.5) is 0 Å². The van der Waals surface area contributed by atoms with Gasteiger partial charge in [-0.1, -0.05) is 31.2 Å². The number of methoxy groups -OCH3 is 1. The van der Waals surface area contributed by atoms with Crippen LogP contribution in [0.25, 0.3) is 0 Å². The summed E-state index contributed by atoms with van der Waals surface area (Å²) < 4.78 is 11.6. The van der Waals surface area contributed by atoms with Crippen molar-refractivity contribution in [2.75, 3.05) is 20.2 Å². The molecule has 2 aromatic carbocycles. The van der Waals surface area contributed by atoms with Gasteiger partial charge in [0, 0.05) is 44.0 Å². The molecule has 1 aliphatic rings.